The third-order valence-corrected chi connectivity index (χ3v) is 3.57. The van der Waals surface area contributed by atoms with Crippen molar-refractivity contribution >= 4 is 23.4 Å². The van der Waals surface area contributed by atoms with Crippen molar-refractivity contribution in [2.24, 2.45) is 0 Å². The molecule has 0 bridgehead atoms. The van der Waals surface area contributed by atoms with Gasteiger partial charge in [0.05, 0.1) is 5.02 Å². The van der Waals surface area contributed by atoms with E-state index in [0.717, 1.165) is 12.8 Å². The van der Waals surface area contributed by atoms with Crippen molar-refractivity contribution in [2.45, 2.75) is 31.7 Å². The molecule has 1 saturated carbocycles. The maximum absolute atomic E-state index is 11.0. The van der Waals surface area contributed by atoms with Crippen LogP contribution in [0.4, 0.5) is 5.82 Å². The van der Waals surface area contributed by atoms with E-state index in [1.807, 2.05) is 7.05 Å². The average molecular weight is 255 g/mol. The molecule has 0 aliphatic heterocycles. The Balaban J connectivity index is 2.26. The van der Waals surface area contributed by atoms with Crippen LogP contribution in [0.25, 0.3) is 0 Å². The van der Waals surface area contributed by atoms with Gasteiger partial charge in [0.25, 0.3) is 0 Å². The summed E-state index contributed by atoms with van der Waals surface area (Å²) in [5.74, 6) is -0.407. The summed E-state index contributed by atoms with van der Waals surface area (Å²) in [6.45, 7) is 0. The second kappa shape index (κ2) is 4.92. The van der Waals surface area contributed by atoms with Crippen molar-refractivity contribution in [3.05, 3.63) is 22.8 Å². The Bertz CT molecular complexity index is 431. The van der Waals surface area contributed by atoms with Gasteiger partial charge in [-0.2, -0.15) is 0 Å². The van der Waals surface area contributed by atoms with Crippen molar-refractivity contribution in [1.29, 1.82) is 0 Å². The van der Waals surface area contributed by atoms with E-state index in [-0.39, 0.29) is 10.7 Å². The molecule has 1 aromatic heterocycles. The summed E-state index contributed by atoms with van der Waals surface area (Å²) in [4.78, 5) is 17.1. The maximum atomic E-state index is 11.0. The number of carbonyl (C=O) groups is 1. The van der Waals surface area contributed by atoms with Crippen LogP contribution in [0, 0.1) is 0 Å². The molecule has 1 heterocycles. The molecule has 5 heteroatoms. The molecular weight excluding hydrogens is 240 g/mol. The first-order chi connectivity index (χ1) is 8.09. The smallest absolute Gasteiger partial charge is 0.356 e. The Hall–Kier alpha value is -1.29. The van der Waals surface area contributed by atoms with Crippen molar-refractivity contribution in [1.82, 2.24) is 4.98 Å². The van der Waals surface area contributed by atoms with Crippen LogP contribution in [0.2, 0.25) is 5.02 Å². The largest absolute Gasteiger partial charge is 0.476 e. The number of nitrogens with zero attached hydrogens (tertiary/aromatic N) is 2. The minimum atomic E-state index is -1.09. The molecule has 1 N–H and O–H groups in total. The summed E-state index contributed by atoms with van der Waals surface area (Å²) in [5.41, 5.74) is -0.0750. The first kappa shape index (κ1) is 12.2. The van der Waals surface area contributed by atoms with Crippen LogP contribution in [-0.2, 0) is 0 Å². The number of aromatic nitrogens is 1. The second-order valence-electron chi connectivity index (χ2n) is 4.35. The molecule has 0 amide bonds. The number of halogens is 1. The molecule has 2 rings (SSSR count). The predicted octanol–water partition coefficient (Wildman–Crippen LogP) is 2.81. The summed E-state index contributed by atoms with van der Waals surface area (Å²) < 4.78 is 0. The van der Waals surface area contributed by atoms with Gasteiger partial charge in [-0.25, -0.2) is 9.78 Å². The number of aromatic carboxylic acids is 1. The van der Waals surface area contributed by atoms with E-state index >= 15 is 0 Å². The zero-order valence-corrected chi connectivity index (χ0v) is 10.4. The number of anilines is 1. The normalized spacial score (nSPS) is 16.1. The summed E-state index contributed by atoms with van der Waals surface area (Å²) in [6, 6.07) is 3.83. The molecule has 4 nitrogen and oxygen atoms in total. The molecular formula is C12H15ClN2O2. The van der Waals surface area contributed by atoms with Gasteiger partial charge < -0.3 is 10.0 Å². The molecule has 1 fully saturated rings. The van der Waals surface area contributed by atoms with Crippen LogP contribution in [0.5, 0.6) is 0 Å². The van der Waals surface area contributed by atoms with E-state index < -0.39 is 5.97 Å². The third-order valence-electron chi connectivity index (χ3n) is 3.27. The molecule has 0 radical (unpaired) electrons. The van der Waals surface area contributed by atoms with E-state index in [1.54, 1.807) is 12.1 Å². The standard InChI is InChI=1S/C12H15ClN2O2/c1-15(8-4-2-3-5-8)10-7-6-9(13)11(14-10)12(16)17/h6-8H,2-5H2,1H3,(H,16,17). The monoisotopic (exact) mass is 254 g/mol. The molecule has 92 valence electrons. The molecule has 0 saturated heterocycles. The van der Waals surface area contributed by atoms with Crippen molar-refractivity contribution in [3.8, 4) is 0 Å². The Labute approximate surface area is 105 Å². The van der Waals surface area contributed by atoms with E-state index in [0.29, 0.717) is 11.9 Å². The lowest BCUT2D eigenvalue weighted by Crippen LogP contribution is -2.29. The number of rotatable bonds is 3. The van der Waals surface area contributed by atoms with Crippen molar-refractivity contribution in [3.63, 3.8) is 0 Å². The van der Waals surface area contributed by atoms with Crippen LogP contribution in [-0.4, -0.2) is 29.1 Å². The van der Waals surface area contributed by atoms with Crippen molar-refractivity contribution in [2.75, 3.05) is 11.9 Å². The van der Waals surface area contributed by atoms with Gasteiger partial charge in [0.1, 0.15) is 5.82 Å². The average Bonchev–Trinajstić information content (AvgIpc) is 2.81. The minimum Gasteiger partial charge on any atom is -0.476 e. The van der Waals surface area contributed by atoms with Gasteiger partial charge in [-0.15, -0.1) is 0 Å². The molecule has 0 unspecified atom stereocenters. The minimum absolute atomic E-state index is 0.0750. The number of carboxylic acids is 1. The quantitative estimate of drug-likeness (QED) is 0.901. The van der Waals surface area contributed by atoms with Gasteiger partial charge in [0.15, 0.2) is 5.69 Å². The fourth-order valence-corrected chi connectivity index (χ4v) is 2.44. The van der Waals surface area contributed by atoms with Crippen LogP contribution in [0.1, 0.15) is 36.2 Å². The highest BCUT2D eigenvalue weighted by Crippen LogP contribution is 2.27. The lowest BCUT2D eigenvalue weighted by atomic mass is 10.2. The third kappa shape index (κ3) is 2.52. The Kier molecular flexibility index (Phi) is 3.52. The van der Waals surface area contributed by atoms with Crippen LogP contribution >= 0.6 is 11.6 Å². The van der Waals surface area contributed by atoms with Crippen LogP contribution in [0.15, 0.2) is 12.1 Å². The topological polar surface area (TPSA) is 53.4 Å². The fourth-order valence-electron chi connectivity index (χ4n) is 2.26. The van der Waals surface area contributed by atoms with Gasteiger partial charge in [0.2, 0.25) is 0 Å². The summed E-state index contributed by atoms with van der Waals surface area (Å²) in [5, 5.41) is 9.15. The number of hydrogen-bond acceptors (Lipinski definition) is 3. The van der Waals surface area contributed by atoms with Crippen LogP contribution < -0.4 is 4.90 Å². The maximum Gasteiger partial charge on any atom is 0.356 e. The van der Waals surface area contributed by atoms with E-state index in [4.69, 9.17) is 16.7 Å². The highest BCUT2D eigenvalue weighted by atomic mass is 35.5. The number of hydrogen-bond donors (Lipinski definition) is 1. The Morgan fingerprint density at radius 3 is 2.71 bits per heavy atom. The molecule has 1 aliphatic rings. The van der Waals surface area contributed by atoms with Crippen molar-refractivity contribution < 1.29 is 9.90 Å². The highest BCUT2D eigenvalue weighted by Gasteiger charge is 2.22. The molecule has 1 aliphatic carbocycles. The van der Waals surface area contributed by atoms with E-state index in [1.165, 1.54) is 12.8 Å². The second-order valence-corrected chi connectivity index (χ2v) is 4.76. The number of carboxylic acid groups (broad SMARTS) is 1. The molecule has 0 aromatic carbocycles. The van der Waals surface area contributed by atoms with Crippen LogP contribution in [0.3, 0.4) is 0 Å². The van der Waals surface area contributed by atoms with E-state index in [2.05, 4.69) is 9.88 Å². The fraction of sp³-hybridized carbons (Fsp3) is 0.500. The summed E-state index contributed by atoms with van der Waals surface area (Å²) in [7, 11) is 1.96. The Morgan fingerprint density at radius 2 is 2.12 bits per heavy atom. The van der Waals surface area contributed by atoms with Gasteiger partial charge >= 0.3 is 5.97 Å². The first-order valence-electron chi connectivity index (χ1n) is 5.72. The highest BCUT2D eigenvalue weighted by molar-refractivity contribution is 6.33. The molecule has 0 atom stereocenters. The predicted molar refractivity (Wildman–Crippen MR) is 66.9 cm³/mol. The Morgan fingerprint density at radius 1 is 1.47 bits per heavy atom. The molecule has 1 aromatic rings. The zero-order chi connectivity index (χ0) is 12.4. The van der Waals surface area contributed by atoms with Gasteiger partial charge in [0, 0.05) is 13.1 Å². The lowest BCUT2D eigenvalue weighted by Gasteiger charge is -2.25. The molecule has 17 heavy (non-hydrogen) atoms. The molecule has 0 spiro atoms. The van der Waals surface area contributed by atoms with E-state index in [9.17, 15) is 4.79 Å². The van der Waals surface area contributed by atoms with Gasteiger partial charge in [-0.3, -0.25) is 0 Å². The zero-order valence-electron chi connectivity index (χ0n) is 9.69. The summed E-state index contributed by atoms with van der Waals surface area (Å²) >= 11 is 5.79. The number of pyridine rings is 1. The first-order valence-corrected chi connectivity index (χ1v) is 6.10. The SMILES string of the molecule is CN(c1ccc(Cl)c(C(=O)O)n1)C1CCCC1. The van der Waals surface area contributed by atoms with Gasteiger partial charge in [-0.05, 0) is 25.0 Å². The lowest BCUT2D eigenvalue weighted by molar-refractivity contribution is 0.0691. The summed E-state index contributed by atoms with van der Waals surface area (Å²) in [6.07, 6.45) is 4.75. The van der Waals surface area contributed by atoms with Gasteiger partial charge in [-0.1, -0.05) is 24.4 Å².